The minimum absolute atomic E-state index is 0.981. The van der Waals surface area contributed by atoms with Crippen molar-refractivity contribution >= 4 is 50.6 Å². The number of para-hydroxylation sites is 1. The molecule has 1 heterocycles. The molecule has 1 aromatic heterocycles. The van der Waals surface area contributed by atoms with Crippen molar-refractivity contribution in [1.82, 2.24) is 4.57 Å². The zero-order valence-electron chi connectivity index (χ0n) is 24.9. The molecule has 212 valence electrons. The minimum atomic E-state index is -2.66. The largest absolute Gasteiger partial charge is 0.309 e. The summed E-state index contributed by atoms with van der Waals surface area (Å²) >= 11 is 0. The maximum absolute atomic E-state index is 2.66. The van der Waals surface area contributed by atoms with Gasteiger partial charge in [-0.3, -0.25) is 0 Å². The smallest absolute Gasteiger partial charge is 0.179 e. The van der Waals surface area contributed by atoms with Crippen LogP contribution in [0.2, 0.25) is 0 Å². The monoisotopic (exact) mass is 589 g/mol. The van der Waals surface area contributed by atoms with Crippen LogP contribution in [0.4, 0.5) is 0 Å². The van der Waals surface area contributed by atoms with Gasteiger partial charge in [-0.25, -0.2) is 0 Å². The lowest BCUT2D eigenvalue weighted by molar-refractivity contribution is 1.17. The maximum atomic E-state index is 2.53. The SMILES string of the molecule is c1ccc(-n2c3ccc([Si](c4ccccc4)(c4ccccc4)c4ccccc4)cc3c3cc4c(cc32)Cc2ccccc2-4)cc1. The number of nitrogens with zero attached hydrogens (tertiary/aromatic N) is 1. The van der Waals surface area contributed by atoms with Crippen LogP contribution in [0.3, 0.4) is 0 Å². The molecular formula is C43H31NSi. The fourth-order valence-corrected chi connectivity index (χ4v) is 12.6. The van der Waals surface area contributed by atoms with E-state index < -0.39 is 8.07 Å². The summed E-state index contributed by atoms with van der Waals surface area (Å²) in [4.78, 5) is 0. The van der Waals surface area contributed by atoms with E-state index in [9.17, 15) is 0 Å². The van der Waals surface area contributed by atoms with Crippen LogP contribution >= 0.6 is 0 Å². The van der Waals surface area contributed by atoms with Gasteiger partial charge in [0.05, 0.1) is 11.0 Å². The Balaban J connectivity index is 1.41. The minimum Gasteiger partial charge on any atom is -0.309 e. The van der Waals surface area contributed by atoms with Crippen molar-refractivity contribution in [1.29, 1.82) is 0 Å². The number of fused-ring (bicyclic) bond motifs is 6. The van der Waals surface area contributed by atoms with Gasteiger partial charge in [0.25, 0.3) is 0 Å². The van der Waals surface area contributed by atoms with Crippen molar-refractivity contribution in [2.24, 2.45) is 0 Å². The first kappa shape index (κ1) is 26.0. The summed E-state index contributed by atoms with van der Waals surface area (Å²) in [5.74, 6) is 0. The highest BCUT2D eigenvalue weighted by Crippen LogP contribution is 2.42. The lowest BCUT2D eigenvalue weighted by Crippen LogP contribution is -2.74. The van der Waals surface area contributed by atoms with Crippen molar-refractivity contribution in [3.63, 3.8) is 0 Å². The third-order valence-electron chi connectivity index (χ3n) is 9.75. The molecule has 7 aromatic carbocycles. The molecule has 0 saturated carbocycles. The van der Waals surface area contributed by atoms with Gasteiger partial charge in [-0.15, -0.1) is 0 Å². The number of rotatable bonds is 5. The average molecular weight is 590 g/mol. The molecule has 2 heteroatoms. The first-order valence-corrected chi connectivity index (χ1v) is 17.7. The molecule has 0 N–H and O–H groups in total. The van der Waals surface area contributed by atoms with Crippen molar-refractivity contribution < 1.29 is 0 Å². The Morgan fingerprint density at radius 1 is 0.378 bits per heavy atom. The maximum Gasteiger partial charge on any atom is 0.179 e. The van der Waals surface area contributed by atoms with E-state index in [4.69, 9.17) is 0 Å². The van der Waals surface area contributed by atoms with Crippen LogP contribution in [0.1, 0.15) is 11.1 Å². The molecule has 0 unspecified atom stereocenters. The van der Waals surface area contributed by atoms with Crippen molar-refractivity contribution in [2.45, 2.75) is 6.42 Å². The molecule has 0 bridgehead atoms. The standard InChI is InChI=1S/C43H31NSi/c1-5-16-33(17-6-1)44-42-26-25-37(29-40(42)41-30-39-32(28-43(41)44)27-31-15-13-14-24-38(31)39)45(34-18-7-2-8-19-34,35-20-9-3-10-21-35)36-22-11-4-12-23-36/h1-26,28-30H,27H2. The summed E-state index contributed by atoms with van der Waals surface area (Å²) in [6.45, 7) is 0. The van der Waals surface area contributed by atoms with Gasteiger partial charge in [0, 0.05) is 16.5 Å². The third-order valence-corrected chi connectivity index (χ3v) is 14.5. The van der Waals surface area contributed by atoms with Crippen LogP contribution in [-0.4, -0.2) is 12.6 Å². The van der Waals surface area contributed by atoms with E-state index in [1.54, 1.807) is 0 Å². The molecule has 45 heavy (non-hydrogen) atoms. The molecule has 0 radical (unpaired) electrons. The Morgan fingerprint density at radius 2 is 0.911 bits per heavy atom. The molecular weight excluding hydrogens is 559 g/mol. The van der Waals surface area contributed by atoms with E-state index in [2.05, 4.69) is 180 Å². The van der Waals surface area contributed by atoms with Gasteiger partial charge in [0.1, 0.15) is 0 Å². The van der Waals surface area contributed by atoms with E-state index in [0.29, 0.717) is 0 Å². The molecule has 8 aromatic rings. The van der Waals surface area contributed by atoms with Crippen molar-refractivity contribution in [3.8, 4) is 16.8 Å². The van der Waals surface area contributed by atoms with Crippen LogP contribution in [0.25, 0.3) is 38.6 Å². The van der Waals surface area contributed by atoms with Crippen molar-refractivity contribution in [3.05, 3.63) is 187 Å². The molecule has 0 amide bonds. The van der Waals surface area contributed by atoms with E-state index >= 15 is 0 Å². The quantitative estimate of drug-likeness (QED) is 0.143. The molecule has 1 aliphatic rings. The third kappa shape index (κ3) is 3.93. The molecule has 9 rings (SSSR count). The molecule has 1 nitrogen and oxygen atoms in total. The average Bonchev–Trinajstić information content (AvgIpc) is 3.64. The van der Waals surface area contributed by atoms with E-state index in [1.807, 2.05) is 0 Å². The molecule has 0 saturated heterocycles. The normalized spacial score (nSPS) is 12.4. The molecule has 0 fully saturated rings. The van der Waals surface area contributed by atoms with Crippen LogP contribution in [-0.2, 0) is 6.42 Å². The topological polar surface area (TPSA) is 4.93 Å². The van der Waals surface area contributed by atoms with Gasteiger partial charge in [0.15, 0.2) is 8.07 Å². The second-order valence-corrected chi connectivity index (χ2v) is 15.9. The van der Waals surface area contributed by atoms with E-state index in [1.165, 1.54) is 70.5 Å². The highest BCUT2D eigenvalue weighted by Gasteiger charge is 2.41. The number of benzene rings is 7. The van der Waals surface area contributed by atoms with Gasteiger partial charge in [-0.05, 0) is 79.8 Å². The number of aromatic nitrogens is 1. The highest BCUT2D eigenvalue weighted by molar-refractivity contribution is 7.20. The zero-order valence-corrected chi connectivity index (χ0v) is 25.9. The zero-order chi connectivity index (χ0) is 29.8. The predicted molar refractivity (Wildman–Crippen MR) is 193 cm³/mol. The Kier molecular flexibility index (Phi) is 5.97. The van der Waals surface area contributed by atoms with Gasteiger partial charge < -0.3 is 4.57 Å². The Bertz CT molecular complexity index is 2230. The highest BCUT2D eigenvalue weighted by atomic mass is 28.3. The number of hydrogen-bond donors (Lipinski definition) is 0. The summed E-state index contributed by atoms with van der Waals surface area (Å²) in [6.07, 6.45) is 0.981. The first-order chi connectivity index (χ1) is 22.3. The summed E-state index contributed by atoms with van der Waals surface area (Å²) in [5, 5.41) is 8.18. The fourth-order valence-electron chi connectivity index (χ4n) is 7.80. The van der Waals surface area contributed by atoms with Gasteiger partial charge in [0.2, 0.25) is 0 Å². The number of hydrogen-bond acceptors (Lipinski definition) is 0. The predicted octanol–water partition coefficient (Wildman–Crippen LogP) is 7.73. The molecule has 0 aliphatic heterocycles. The second-order valence-electron chi connectivity index (χ2n) is 12.1. The molecule has 1 aliphatic carbocycles. The lowest BCUT2D eigenvalue weighted by atomic mass is 10.0. The fraction of sp³-hybridized carbons (Fsp3) is 0.0233. The van der Waals surface area contributed by atoms with Gasteiger partial charge in [-0.1, -0.05) is 146 Å². The second kappa shape index (κ2) is 10.3. The lowest BCUT2D eigenvalue weighted by Gasteiger charge is -2.34. The van der Waals surface area contributed by atoms with Crippen LogP contribution < -0.4 is 20.7 Å². The summed E-state index contributed by atoms with van der Waals surface area (Å²) < 4.78 is 2.47. The van der Waals surface area contributed by atoms with Crippen LogP contribution in [0.15, 0.2) is 176 Å². The van der Waals surface area contributed by atoms with Crippen molar-refractivity contribution in [2.75, 3.05) is 0 Å². The summed E-state index contributed by atoms with van der Waals surface area (Å²) in [7, 11) is -2.66. The Morgan fingerprint density at radius 3 is 1.53 bits per heavy atom. The van der Waals surface area contributed by atoms with Gasteiger partial charge >= 0.3 is 0 Å². The first-order valence-electron chi connectivity index (χ1n) is 15.7. The molecule has 0 atom stereocenters. The van der Waals surface area contributed by atoms with E-state index in [-0.39, 0.29) is 0 Å². The molecule has 0 spiro atoms. The summed E-state index contributed by atoms with van der Waals surface area (Å²) in [5.41, 5.74) is 9.27. The van der Waals surface area contributed by atoms with Gasteiger partial charge in [-0.2, -0.15) is 0 Å². The summed E-state index contributed by atoms with van der Waals surface area (Å²) in [6, 6.07) is 65.6. The van der Waals surface area contributed by atoms with E-state index in [0.717, 1.165) is 6.42 Å². The Hall–Kier alpha value is -5.44. The van der Waals surface area contributed by atoms with Crippen LogP contribution in [0, 0.1) is 0 Å². The van der Waals surface area contributed by atoms with Crippen LogP contribution in [0.5, 0.6) is 0 Å². The Labute approximate surface area is 264 Å².